The highest BCUT2D eigenvalue weighted by Gasteiger charge is 2.19. The minimum atomic E-state index is -0.464. The minimum Gasteiger partial charge on any atom is -0.508 e. The molecule has 19 heavy (non-hydrogen) atoms. The Morgan fingerprint density at radius 2 is 2.00 bits per heavy atom. The number of aromatic hydroxyl groups is 1. The number of phenols is 1. The second kappa shape index (κ2) is 5.93. The van der Waals surface area contributed by atoms with Crippen LogP contribution in [0.15, 0.2) is 18.2 Å². The van der Waals surface area contributed by atoms with Crippen LogP contribution in [-0.2, 0) is 4.79 Å². The van der Waals surface area contributed by atoms with Crippen LogP contribution < -0.4 is 5.32 Å². The molecular formula is C13H15ClN2O3. The van der Waals surface area contributed by atoms with E-state index in [1.165, 1.54) is 18.2 Å². The number of rotatable bonds is 3. The summed E-state index contributed by atoms with van der Waals surface area (Å²) in [7, 11) is 0. The molecule has 0 saturated carbocycles. The molecule has 6 heteroatoms. The van der Waals surface area contributed by atoms with Gasteiger partial charge in [0.2, 0.25) is 5.91 Å². The molecule has 1 aromatic rings. The summed E-state index contributed by atoms with van der Waals surface area (Å²) in [5.74, 6) is -0.601. The molecule has 0 spiro atoms. The van der Waals surface area contributed by atoms with E-state index in [2.05, 4.69) is 5.32 Å². The van der Waals surface area contributed by atoms with Gasteiger partial charge in [0.25, 0.3) is 5.91 Å². The fourth-order valence-electron chi connectivity index (χ4n) is 2.02. The maximum atomic E-state index is 11.9. The third-order valence-corrected chi connectivity index (χ3v) is 3.38. The van der Waals surface area contributed by atoms with Crippen molar-refractivity contribution in [2.45, 2.75) is 12.8 Å². The van der Waals surface area contributed by atoms with Crippen LogP contribution in [0.5, 0.6) is 5.75 Å². The molecule has 2 amide bonds. The van der Waals surface area contributed by atoms with Crippen LogP contribution in [-0.4, -0.2) is 41.5 Å². The zero-order valence-electron chi connectivity index (χ0n) is 10.4. The summed E-state index contributed by atoms with van der Waals surface area (Å²) in [5.41, 5.74) is 0.163. The Bertz CT molecular complexity index is 499. The van der Waals surface area contributed by atoms with Crippen molar-refractivity contribution in [3.05, 3.63) is 28.8 Å². The molecule has 0 aliphatic carbocycles. The number of benzene rings is 1. The van der Waals surface area contributed by atoms with E-state index in [0.29, 0.717) is 0 Å². The van der Waals surface area contributed by atoms with Crippen molar-refractivity contribution < 1.29 is 14.7 Å². The van der Waals surface area contributed by atoms with Gasteiger partial charge in [0, 0.05) is 13.1 Å². The molecule has 0 unspecified atom stereocenters. The minimum absolute atomic E-state index is 0.0413. The van der Waals surface area contributed by atoms with E-state index in [-0.39, 0.29) is 28.8 Å². The normalized spacial score (nSPS) is 14.5. The Morgan fingerprint density at radius 1 is 1.32 bits per heavy atom. The largest absolute Gasteiger partial charge is 0.508 e. The van der Waals surface area contributed by atoms with E-state index >= 15 is 0 Å². The maximum Gasteiger partial charge on any atom is 0.253 e. The summed E-state index contributed by atoms with van der Waals surface area (Å²) < 4.78 is 0. The topological polar surface area (TPSA) is 69.6 Å². The molecule has 5 nitrogen and oxygen atoms in total. The van der Waals surface area contributed by atoms with Gasteiger partial charge in [-0.05, 0) is 31.0 Å². The average Bonchev–Trinajstić information content (AvgIpc) is 2.92. The van der Waals surface area contributed by atoms with Crippen molar-refractivity contribution in [3.8, 4) is 5.75 Å². The van der Waals surface area contributed by atoms with Crippen LogP contribution in [0, 0.1) is 0 Å². The third-order valence-electron chi connectivity index (χ3n) is 3.05. The summed E-state index contributed by atoms with van der Waals surface area (Å²) in [6, 6.07) is 4.11. The number of carbonyl (C=O) groups is 2. The van der Waals surface area contributed by atoms with Gasteiger partial charge in [0.1, 0.15) is 5.75 Å². The molecule has 0 radical (unpaired) electrons. The molecule has 0 bridgehead atoms. The number of likely N-dealkylation sites (tertiary alicyclic amines) is 1. The van der Waals surface area contributed by atoms with Gasteiger partial charge in [-0.15, -0.1) is 0 Å². The maximum absolute atomic E-state index is 11.9. The van der Waals surface area contributed by atoms with Gasteiger partial charge in [0.15, 0.2) is 0 Å². The Labute approximate surface area is 116 Å². The lowest BCUT2D eigenvalue weighted by atomic mass is 10.2. The molecule has 1 fully saturated rings. The average molecular weight is 283 g/mol. The molecule has 1 saturated heterocycles. The molecule has 1 aliphatic rings. The van der Waals surface area contributed by atoms with E-state index in [1.807, 2.05) is 0 Å². The molecule has 1 aromatic carbocycles. The van der Waals surface area contributed by atoms with Gasteiger partial charge >= 0.3 is 0 Å². The summed E-state index contributed by atoms with van der Waals surface area (Å²) >= 11 is 5.87. The zero-order chi connectivity index (χ0) is 13.8. The van der Waals surface area contributed by atoms with Crippen molar-refractivity contribution in [2.24, 2.45) is 0 Å². The Morgan fingerprint density at radius 3 is 2.68 bits per heavy atom. The van der Waals surface area contributed by atoms with E-state index in [0.717, 1.165) is 25.9 Å². The molecule has 0 aromatic heterocycles. The number of phenolic OH excluding ortho intramolecular Hbond substituents is 1. The highest BCUT2D eigenvalue weighted by Crippen LogP contribution is 2.20. The first-order chi connectivity index (χ1) is 9.08. The van der Waals surface area contributed by atoms with Gasteiger partial charge in [-0.2, -0.15) is 0 Å². The monoisotopic (exact) mass is 282 g/mol. The van der Waals surface area contributed by atoms with Gasteiger partial charge in [0.05, 0.1) is 17.1 Å². The number of halogens is 1. The molecule has 0 atom stereocenters. The predicted molar refractivity (Wildman–Crippen MR) is 71.3 cm³/mol. The fourth-order valence-corrected chi connectivity index (χ4v) is 2.22. The van der Waals surface area contributed by atoms with Crippen LogP contribution in [0.1, 0.15) is 23.2 Å². The molecule has 1 aliphatic heterocycles. The van der Waals surface area contributed by atoms with Gasteiger partial charge in [-0.25, -0.2) is 0 Å². The second-order valence-corrected chi connectivity index (χ2v) is 4.84. The van der Waals surface area contributed by atoms with E-state index in [4.69, 9.17) is 11.6 Å². The smallest absolute Gasteiger partial charge is 0.253 e. The molecule has 2 rings (SSSR count). The summed E-state index contributed by atoms with van der Waals surface area (Å²) in [6.45, 7) is 1.45. The summed E-state index contributed by atoms with van der Waals surface area (Å²) in [4.78, 5) is 25.3. The van der Waals surface area contributed by atoms with Crippen LogP contribution in [0.2, 0.25) is 5.02 Å². The Kier molecular flexibility index (Phi) is 4.27. The quantitative estimate of drug-likeness (QED) is 0.880. The second-order valence-electron chi connectivity index (χ2n) is 4.43. The highest BCUT2D eigenvalue weighted by molar-refractivity contribution is 6.33. The van der Waals surface area contributed by atoms with Crippen molar-refractivity contribution in [1.82, 2.24) is 10.2 Å². The van der Waals surface area contributed by atoms with Crippen molar-refractivity contribution in [2.75, 3.05) is 19.6 Å². The first kappa shape index (κ1) is 13.7. The Hall–Kier alpha value is -1.75. The predicted octanol–water partition coefficient (Wildman–Crippen LogP) is 1.40. The van der Waals surface area contributed by atoms with Gasteiger partial charge < -0.3 is 15.3 Å². The van der Waals surface area contributed by atoms with E-state index in [9.17, 15) is 14.7 Å². The molecule has 1 heterocycles. The fraction of sp³-hybridized carbons (Fsp3) is 0.385. The van der Waals surface area contributed by atoms with Crippen molar-refractivity contribution in [3.63, 3.8) is 0 Å². The number of hydrogen-bond donors (Lipinski definition) is 2. The van der Waals surface area contributed by atoms with Crippen LogP contribution >= 0.6 is 11.6 Å². The van der Waals surface area contributed by atoms with Crippen molar-refractivity contribution >= 4 is 23.4 Å². The summed E-state index contributed by atoms with van der Waals surface area (Å²) in [5, 5.41) is 12.1. The lowest BCUT2D eigenvalue weighted by molar-refractivity contribution is -0.129. The SMILES string of the molecule is O=C(NCC(=O)N1CCCC1)c1cc(O)ccc1Cl. The lowest BCUT2D eigenvalue weighted by Crippen LogP contribution is -2.38. The lowest BCUT2D eigenvalue weighted by Gasteiger charge is -2.15. The first-order valence-corrected chi connectivity index (χ1v) is 6.50. The number of carbonyl (C=O) groups excluding carboxylic acids is 2. The van der Waals surface area contributed by atoms with Crippen molar-refractivity contribution in [1.29, 1.82) is 0 Å². The molecular weight excluding hydrogens is 268 g/mol. The molecule has 102 valence electrons. The zero-order valence-corrected chi connectivity index (χ0v) is 11.1. The Balaban J connectivity index is 1.93. The number of nitrogens with one attached hydrogen (secondary N) is 1. The van der Waals surface area contributed by atoms with Crippen LogP contribution in [0.25, 0.3) is 0 Å². The van der Waals surface area contributed by atoms with E-state index < -0.39 is 5.91 Å². The number of amides is 2. The summed E-state index contributed by atoms with van der Waals surface area (Å²) in [6.07, 6.45) is 2.02. The number of hydrogen-bond acceptors (Lipinski definition) is 3. The van der Waals surface area contributed by atoms with Crippen LogP contribution in [0.3, 0.4) is 0 Å². The van der Waals surface area contributed by atoms with Gasteiger partial charge in [-0.1, -0.05) is 11.6 Å². The third kappa shape index (κ3) is 3.38. The molecule has 2 N–H and O–H groups in total. The highest BCUT2D eigenvalue weighted by atomic mass is 35.5. The van der Waals surface area contributed by atoms with E-state index in [1.54, 1.807) is 4.90 Å². The first-order valence-electron chi connectivity index (χ1n) is 6.12. The number of nitrogens with zero attached hydrogens (tertiary/aromatic N) is 1. The standard InChI is InChI=1S/C13H15ClN2O3/c14-11-4-3-9(17)7-10(11)13(19)15-8-12(18)16-5-1-2-6-16/h3-4,7,17H,1-2,5-6,8H2,(H,15,19). The van der Waals surface area contributed by atoms with Crippen LogP contribution in [0.4, 0.5) is 0 Å². The van der Waals surface area contributed by atoms with Gasteiger partial charge in [-0.3, -0.25) is 9.59 Å².